The van der Waals surface area contributed by atoms with Gasteiger partial charge in [-0.15, -0.1) is 0 Å². The van der Waals surface area contributed by atoms with Crippen LogP contribution in [-0.2, 0) is 10.0 Å². The molecule has 3 N–H and O–H groups in total. The zero-order valence-electron chi connectivity index (χ0n) is 35.6. The van der Waals surface area contributed by atoms with Gasteiger partial charge in [0.25, 0.3) is 21.6 Å². The van der Waals surface area contributed by atoms with Crippen molar-refractivity contribution >= 4 is 61.2 Å². The summed E-state index contributed by atoms with van der Waals surface area (Å²) >= 11 is 6.25. The predicted octanol–water partition coefficient (Wildman–Crippen LogP) is 8.86. The predicted molar refractivity (Wildman–Crippen MR) is 246 cm³/mol. The molecule has 16 heteroatoms. The van der Waals surface area contributed by atoms with Crippen LogP contribution in [-0.4, -0.2) is 96.9 Å². The van der Waals surface area contributed by atoms with Gasteiger partial charge in [-0.25, -0.2) is 18.1 Å². The molecule has 63 heavy (non-hydrogen) atoms. The normalized spacial score (nSPS) is 19.0. The number of hydrogen-bond donors (Lipinski definition) is 3. The molecule has 5 aromatic rings. The highest BCUT2D eigenvalue weighted by atomic mass is 35.5. The number of fused-ring (bicyclic) bond motifs is 1. The summed E-state index contributed by atoms with van der Waals surface area (Å²) in [7, 11) is -4.55. The van der Waals surface area contributed by atoms with Crippen LogP contribution in [0.15, 0.2) is 95.7 Å². The molecule has 2 aromatic heterocycles. The lowest BCUT2D eigenvalue weighted by molar-refractivity contribution is -0.384. The van der Waals surface area contributed by atoms with Crippen molar-refractivity contribution in [2.24, 2.45) is 5.41 Å². The number of ether oxygens (including phenoxy) is 1. The van der Waals surface area contributed by atoms with Gasteiger partial charge in [-0.1, -0.05) is 43.2 Å². The van der Waals surface area contributed by atoms with Crippen LogP contribution < -0.4 is 19.7 Å². The third-order valence-electron chi connectivity index (χ3n) is 13.0. The number of nitro groups is 1. The molecule has 330 valence electrons. The molecule has 1 amide bonds. The summed E-state index contributed by atoms with van der Waals surface area (Å²) in [6.45, 7) is 10.5. The molecule has 0 unspecified atom stereocenters. The first-order valence-corrected chi connectivity index (χ1v) is 23.7. The number of nitrogens with zero attached hydrogens (tertiary/aromatic N) is 5. The van der Waals surface area contributed by atoms with E-state index in [0.717, 1.165) is 100 Å². The molecule has 2 aliphatic heterocycles. The van der Waals surface area contributed by atoms with Crippen LogP contribution in [0.25, 0.3) is 16.6 Å². The number of nitro benzene ring substituents is 1. The van der Waals surface area contributed by atoms with Crippen LogP contribution in [0.4, 0.5) is 17.1 Å². The van der Waals surface area contributed by atoms with Crippen molar-refractivity contribution in [3.8, 4) is 11.5 Å². The maximum Gasteiger partial charge on any atom is 0.293 e. The Morgan fingerprint density at radius 3 is 2.46 bits per heavy atom. The van der Waals surface area contributed by atoms with Crippen molar-refractivity contribution in [1.82, 2.24) is 24.5 Å². The van der Waals surface area contributed by atoms with E-state index in [9.17, 15) is 23.3 Å². The van der Waals surface area contributed by atoms with Gasteiger partial charge in [-0.2, -0.15) is 0 Å². The molecule has 1 saturated carbocycles. The second-order valence-electron chi connectivity index (χ2n) is 18.1. The Morgan fingerprint density at radius 2 is 1.73 bits per heavy atom. The molecule has 4 aliphatic rings. The lowest BCUT2D eigenvalue weighted by atomic mass is 9.72. The van der Waals surface area contributed by atoms with Gasteiger partial charge in [0, 0.05) is 92.3 Å². The van der Waals surface area contributed by atoms with E-state index in [-0.39, 0.29) is 34.1 Å². The number of pyridine rings is 1. The fraction of sp³-hybridized carbons (Fsp3) is 0.404. The topological polar surface area (TPSA) is 166 Å². The fourth-order valence-electron chi connectivity index (χ4n) is 9.24. The first-order chi connectivity index (χ1) is 30.3. The van der Waals surface area contributed by atoms with Crippen LogP contribution in [0.5, 0.6) is 11.5 Å². The number of aromatic amines is 1. The number of allylic oxidation sites excluding steroid dienone is 1. The summed E-state index contributed by atoms with van der Waals surface area (Å²) in [6, 6.07) is 21.3. The number of piperazine rings is 1. The van der Waals surface area contributed by atoms with Gasteiger partial charge in [0.2, 0.25) is 0 Å². The number of halogens is 1. The van der Waals surface area contributed by atoms with Gasteiger partial charge in [0.1, 0.15) is 22.8 Å². The molecule has 0 atom stereocenters. The zero-order valence-corrected chi connectivity index (χ0v) is 37.2. The number of H-pyrrole nitrogens is 1. The average molecular weight is 894 g/mol. The van der Waals surface area contributed by atoms with Crippen molar-refractivity contribution in [3.63, 3.8) is 0 Å². The molecular formula is C47H53ClN8O6S. The smallest absolute Gasteiger partial charge is 0.293 e. The fourth-order valence-corrected chi connectivity index (χ4v) is 10.3. The maximum atomic E-state index is 14.0. The Kier molecular flexibility index (Phi) is 12.0. The van der Waals surface area contributed by atoms with Crippen molar-refractivity contribution < 1.29 is 22.9 Å². The minimum Gasteiger partial charge on any atom is -0.455 e. The van der Waals surface area contributed by atoms with Crippen LogP contribution in [0.1, 0.15) is 74.7 Å². The van der Waals surface area contributed by atoms with E-state index in [1.54, 1.807) is 30.5 Å². The van der Waals surface area contributed by atoms with Crippen molar-refractivity contribution in [2.45, 2.75) is 75.8 Å². The van der Waals surface area contributed by atoms with Gasteiger partial charge < -0.3 is 24.8 Å². The first-order valence-electron chi connectivity index (χ1n) is 21.8. The maximum absolute atomic E-state index is 14.0. The minimum absolute atomic E-state index is 0.0256. The van der Waals surface area contributed by atoms with Crippen molar-refractivity contribution in [1.29, 1.82) is 0 Å². The minimum atomic E-state index is -4.55. The number of hydrogen-bond acceptors (Lipinski definition) is 11. The van der Waals surface area contributed by atoms with E-state index in [4.69, 9.17) is 16.3 Å². The van der Waals surface area contributed by atoms with Crippen LogP contribution in [0.3, 0.4) is 0 Å². The first kappa shape index (κ1) is 42.8. The van der Waals surface area contributed by atoms with Crippen LogP contribution in [0, 0.1) is 15.5 Å². The molecule has 2 aliphatic carbocycles. The van der Waals surface area contributed by atoms with Crippen molar-refractivity contribution in [3.05, 3.63) is 117 Å². The Hall–Kier alpha value is -5.48. The number of benzene rings is 3. The Bertz CT molecular complexity index is 2670. The molecule has 3 aromatic carbocycles. The molecule has 0 spiro atoms. The lowest BCUT2D eigenvalue weighted by Crippen LogP contribution is -2.47. The highest BCUT2D eigenvalue weighted by molar-refractivity contribution is 7.90. The van der Waals surface area contributed by atoms with E-state index >= 15 is 0 Å². The molecular weight excluding hydrogens is 840 g/mol. The Balaban J connectivity index is 0.920. The van der Waals surface area contributed by atoms with E-state index < -0.39 is 25.7 Å². The summed E-state index contributed by atoms with van der Waals surface area (Å²) in [4.78, 5) is 39.9. The number of amides is 1. The SMILES string of the molecule is CC1(C)CCC(CN2CCN(c3ccc(C(=O)NS(=O)(=O)c4ccc(NC5CCN(C6CC6)CC5)c([N+](=O)[O-])c4)c(Oc4cnc5[nH]ccc5c4)c3)CC2)=C(c2ccc(Cl)cc2)C1. The number of piperidine rings is 1. The summed E-state index contributed by atoms with van der Waals surface area (Å²) in [5, 5.41) is 17.0. The summed E-state index contributed by atoms with van der Waals surface area (Å²) in [6.07, 6.45) is 10.6. The number of likely N-dealkylation sites (tertiary alicyclic amines) is 1. The summed E-state index contributed by atoms with van der Waals surface area (Å²) in [5.74, 6) is -0.441. The van der Waals surface area contributed by atoms with Crippen molar-refractivity contribution in [2.75, 3.05) is 56.0 Å². The van der Waals surface area contributed by atoms with Gasteiger partial charge in [-0.3, -0.25) is 19.8 Å². The Morgan fingerprint density at radius 1 is 0.968 bits per heavy atom. The van der Waals surface area contributed by atoms with Gasteiger partial charge >= 0.3 is 0 Å². The number of carbonyl (C=O) groups excluding carboxylic acids is 1. The molecule has 4 heterocycles. The zero-order chi connectivity index (χ0) is 43.9. The third kappa shape index (κ3) is 9.86. The van der Waals surface area contributed by atoms with Gasteiger partial charge in [0.15, 0.2) is 0 Å². The number of anilines is 2. The number of carbonyl (C=O) groups is 1. The number of aromatic nitrogens is 2. The summed E-state index contributed by atoms with van der Waals surface area (Å²) in [5.41, 5.74) is 5.67. The van der Waals surface area contributed by atoms with Crippen LogP contribution in [0.2, 0.25) is 5.02 Å². The molecule has 3 fully saturated rings. The largest absolute Gasteiger partial charge is 0.455 e. The van der Waals surface area contributed by atoms with E-state index in [1.165, 1.54) is 47.9 Å². The number of sulfonamides is 1. The van der Waals surface area contributed by atoms with Gasteiger partial charge in [0.05, 0.1) is 21.6 Å². The molecule has 0 radical (unpaired) electrons. The van der Waals surface area contributed by atoms with Crippen LogP contribution >= 0.6 is 11.6 Å². The standard InChI is InChI=1S/C47H53ClN8O6S/c1-47(2)17-13-33(41(28-47)31-3-5-34(48)6-4-31)30-53-21-23-55(24-22-53)37-9-11-40(44(26-37)62-38-25-32-14-18-49-45(32)50-29-38)46(57)52-63(60,61)39-10-12-42(43(27-39)56(58)59)51-35-15-19-54(20-16-35)36-7-8-36/h3-6,9-12,14,18,25-27,29,35-36,51H,7-8,13,15-17,19-24,28,30H2,1-2H3,(H,49,50)(H,52,57). The molecule has 14 nitrogen and oxygen atoms in total. The quantitative estimate of drug-likeness (QED) is 0.0764. The number of rotatable bonds is 13. The summed E-state index contributed by atoms with van der Waals surface area (Å²) < 4.78 is 36.0. The third-order valence-corrected chi connectivity index (χ3v) is 14.6. The van der Waals surface area contributed by atoms with E-state index in [0.29, 0.717) is 17.4 Å². The van der Waals surface area contributed by atoms with E-state index in [2.05, 4.69) is 60.7 Å². The monoisotopic (exact) mass is 892 g/mol. The number of nitrogens with one attached hydrogen (secondary N) is 3. The molecule has 0 bridgehead atoms. The van der Waals surface area contributed by atoms with E-state index in [1.807, 2.05) is 18.2 Å². The molecule has 9 rings (SSSR count). The second-order valence-corrected chi connectivity index (χ2v) is 20.2. The second kappa shape index (κ2) is 17.6. The highest BCUT2D eigenvalue weighted by Crippen LogP contribution is 2.44. The Labute approximate surface area is 372 Å². The average Bonchev–Trinajstić information content (AvgIpc) is 4.01. The highest BCUT2D eigenvalue weighted by Gasteiger charge is 2.34. The lowest BCUT2D eigenvalue weighted by Gasteiger charge is -2.39. The van der Waals surface area contributed by atoms with Gasteiger partial charge in [-0.05, 0) is 110 Å². The molecule has 2 saturated heterocycles.